The van der Waals surface area contributed by atoms with Gasteiger partial charge in [-0.15, -0.1) is 0 Å². The zero-order chi connectivity index (χ0) is 14.2. The number of fused-ring (bicyclic) bond motifs is 1. The lowest BCUT2D eigenvalue weighted by Crippen LogP contribution is -2.47. The zero-order valence-corrected chi connectivity index (χ0v) is 11.7. The predicted molar refractivity (Wildman–Crippen MR) is 72.9 cm³/mol. The minimum atomic E-state index is -0.619. The summed E-state index contributed by atoms with van der Waals surface area (Å²) < 4.78 is 18.7. The number of carbonyl (C=O) groups is 1. The number of benzene rings is 1. The smallest absolute Gasteiger partial charge is 0.217 e. The van der Waals surface area contributed by atoms with E-state index in [1.807, 2.05) is 32.8 Å². The normalized spacial score (nSPS) is 14.8. The second kappa shape index (κ2) is 4.78. The third-order valence-corrected chi connectivity index (χ3v) is 3.87. The van der Waals surface area contributed by atoms with E-state index in [9.17, 15) is 9.18 Å². The average molecular weight is 263 g/mol. The van der Waals surface area contributed by atoms with Gasteiger partial charge in [-0.1, -0.05) is 6.92 Å². The lowest BCUT2D eigenvalue weighted by molar-refractivity contribution is 0.0682. The van der Waals surface area contributed by atoms with Crippen molar-refractivity contribution < 1.29 is 13.6 Å². The molecule has 3 nitrogen and oxygen atoms in total. The van der Waals surface area contributed by atoms with Gasteiger partial charge in [-0.05, 0) is 51.7 Å². The molecule has 0 saturated heterocycles. The Bertz CT molecular complexity index is 618. The van der Waals surface area contributed by atoms with E-state index in [1.54, 1.807) is 12.1 Å². The molecule has 0 fully saturated rings. The third-order valence-electron chi connectivity index (χ3n) is 3.87. The molecule has 1 heterocycles. The molecular formula is C15H18FNO2. The third kappa shape index (κ3) is 2.28. The molecule has 0 aliphatic heterocycles. The van der Waals surface area contributed by atoms with Crippen LogP contribution in [0.5, 0.6) is 0 Å². The largest absolute Gasteiger partial charge is 0.453 e. The van der Waals surface area contributed by atoms with E-state index in [0.717, 1.165) is 0 Å². The van der Waals surface area contributed by atoms with Crippen molar-refractivity contribution in [3.8, 4) is 0 Å². The summed E-state index contributed by atoms with van der Waals surface area (Å²) in [5, 5.41) is 0.612. The van der Waals surface area contributed by atoms with Crippen molar-refractivity contribution in [2.45, 2.75) is 25.8 Å². The number of halogens is 1. The minimum Gasteiger partial charge on any atom is -0.453 e. The topological polar surface area (TPSA) is 33.5 Å². The van der Waals surface area contributed by atoms with E-state index in [-0.39, 0.29) is 17.4 Å². The number of Topliss-reactive ketones (excluding diaryl/α,β-unsaturated/α-hetero) is 1. The van der Waals surface area contributed by atoms with Crippen LogP contribution in [0.3, 0.4) is 0 Å². The van der Waals surface area contributed by atoms with Gasteiger partial charge in [0.15, 0.2) is 5.76 Å². The number of nitrogens with zero attached hydrogens (tertiary/aromatic N) is 1. The van der Waals surface area contributed by atoms with E-state index < -0.39 is 5.54 Å². The first-order valence-corrected chi connectivity index (χ1v) is 6.30. The van der Waals surface area contributed by atoms with Gasteiger partial charge < -0.3 is 4.42 Å². The van der Waals surface area contributed by atoms with Gasteiger partial charge >= 0.3 is 0 Å². The van der Waals surface area contributed by atoms with E-state index in [1.165, 1.54) is 12.1 Å². The Hall–Kier alpha value is -1.68. The van der Waals surface area contributed by atoms with Crippen LogP contribution in [0.4, 0.5) is 4.39 Å². The molecule has 102 valence electrons. The molecule has 1 aromatic carbocycles. The van der Waals surface area contributed by atoms with Crippen molar-refractivity contribution in [1.29, 1.82) is 0 Å². The van der Waals surface area contributed by atoms with Crippen molar-refractivity contribution >= 4 is 16.8 Å². The molecule has 1 unspecified atom stereocenters. The highest BCUT2D eigenvalue weighted by molar-refractivity contribution is 6.03. The van der Waals surface area contributed by atoms with Gasteiger partial charge in [-0.3, -0.25) is 9.69 Å². The Morgan fingerprint density at radius 3 is 2.63 bits per heavy atom. The number of rotatable bonds is 4. The summed E-state index contributed by atoms with van der Waals surface area (Å²) in [4.78, 5) is 14.4. The quantitative estimate of drug-likeness (QED) is 0.792. The fourth-order valence-electron chi connectivity index (χ4n) is 2.07. The number of hydrogen-bond acceptors (Lipinski definition) is 3. The van der Waals surface area contributed by atoms with Crippen LogP contribution in [-0.4, -0.2) is 30.3 Å². The Labute approximate surface area is 112 Å². The highest BCUT2D eigenvalue weighted by atomic mass is 19.1. The Kier molecular flexibility index (Phi) is 3.45. The standard InChI is InChI=1S/C15H18FNO2/c1-5-15(2,17(3)4)14(18)13-9-10-8-11(16)6-7-12(10)19-13/h6-9H,5H2,1-4H3. The fraction of sp³-hybridized carbons (Fsp3) is 0.400. The van der Waals surface area contributed by atoms with Gasteiger partial charge in [0.25, 0.3) is 0 Å². The van der Waals surface area contributed by atoms with Crippen LogP contribution in [0.25, 0.3) is 11.0 Å². The molecule has 2 rings (SSSR count). The summed E-state index contributed by atoms with van der Waals surface area (Å²) in [5.41, 5.74) is -0.0890. The molecule has 4 heteroatoms. The maximum Gasteiger partial charge on any atom is 0.217 e. The van der Waals surface area contributed by atoms with E-state index in [4.69, 9.17) is 4.42 Å². The second-order valence-electron chi connectivity index (χ2n) is 5.14. The molecule has 0 bridgehead atoms. The van der Waals surface area contributed by atoms with Crippen molar-refractivity contribution in [3.05, 3.63) is 35.8 Å². The summed E-state index contributed by atoms with van der Waals surface area (Å²) in [6, 6.07) is 5.85. The van der Waals surface area contributed by atoms with Gasteiger partial charge in [0.05, 0.1) is 5.54 Å². The number of likely N-dealkylation sites (N-methyl/N-ethyl adjacent to an activating group) is 1. The van der Waals surface area contributed by atoms with Crippen LogP contribution in [0.2, 0.25) is 0 Å². The highest BCUT2D eigenvalue weighted by Gasteiger charge is 2.36. The SMILES string of the molecule is CCC(C)(C(=O)c1cc2cc(F)ccc2o1)N(C)C. The summed E-state index contributed by atoms with van der Waals surface area (Å²) in [5.74, 6) is -0.145. The molecule has 0 saturated carbocycles. The van der Waals surface area contributed by atoms with Gasteiger partial charge in [-0.25, -0.2) is 4.39 Å². The molecule has 0 N–H and O–H groups in total. The number of ketones is 1. The van der Waals surface area contributed by atoms with E-state index in [0.29, 0.717) is 17.4 Å². The van der Waals surface area contributed by atoms with Gasteiger partial charge in [0, 0.05) is 5.39 Å². The summed E-state index contributed by atoms with van der Waals surface area (Å²) in [6.07, 6.45) is 0.671. The predicted octanol–water partition coefficient (Wildman–Crippen LogP) is 3.48. The van der Waals surface area contributed by atoms with Crippen LogP contribution >= 0.6 is 0 Å². The Morgan fingerprint density at radius 2 is 2.05 bits per heavy atom. The summed E-state index contributed by atoms with van der Waals surface area (Å²) in [7, 11) is 3.73. The van der Waals surface area contributed by atoms with Gasteiger partial charge in [-0.2, -0.15) is 0 Å². The Balaban J connectivity index is 2.47. The van der Waals surface area contributed by atoms with Gasteiger partial charge in [0.2, 0.25) is 5.78 Å². The van der Waals surface area contributed by atoms with Gasteiger partial charge in [0.1, 0.15) is 11.4 Å². The lowest BCUT2D eigenvalue weighted by atomic mass is 9.90. The first kappa shape index (κ1) is 13.7. The van der Waals surface area contributed by atoms with Crippen molar-refractivity contribution in [1.82, 2.24) is 4.90 Å². The molecule has 1 atom stereocenters. The minimum absolute atomic E-state index is 0.0865. The maximum absolute atomic E-state index is 13.1. The van der Waals surface area contributed by atoms with Crippen LogP contribution < -0.4 is 0 Å². The first-order chi connectivity index (χ1) is 8.88. The maximum atomic E-state index is 13.1. The van der Waals surface area contributed by atoms with Crippen LogP contribution in [0.15, 0.2) is 28.7 Å². The molecule has 0 spiro atoms. The molecule has 2 aromatic rings. The molecule has 1 aromatic heterocycles. The second-order valence-corrected chi connectivity index (χ2v) is 5.14. The van der Waals surface area contributed by atoms with Crippen molar-refractivity contribution in [2.75, 3.05) is 14.1 Å². The summed E-state index contributed by atoms with van der Waals surface area (Å²) in [6.45, 7) is 3.84. The number of furan rings is 1. The average Bonchev–Trinajstić information content (AvgIpc) is 2.79. The molecule has 0 radical (unpaired) electrons. The molecule has 0 amide bonds. The number of carbonyl (C=O) groups excluding carboxylic acids is 1. The molecule has 0 aliphatic rings. The summed E-state index contributed by atoms with van der Waals surface area (Å²) >= 11 is 0. The molecule has 19 heavy (non-hydrogen) atoms. The number of hydrogen-bond donors (Lipinski definition) is 0. The van der Waals surface area contributed by atoms with E-state index >= 15 is 0 Å². The van der Waals surface area contributed by atoms with Crippen molar-refractivity contribution in [2.24, 2.45) is 0 Å². The van der Waals surface area contributed by atoms with Crippen LogP contribution in [0.1, 0.15) is 30.8 Å². The highest BCUT2D eigenvalue weighted by Crippen LogP contribution is 2.27. The lowest BCUT2D eigenvalue weighted by Gasteiger charge is -2.33. The monoisotopic (exact) mass is 263 g/mol. The fourth-order valence-corrected chi connectivity index (χ4v) is 2.07. The molecule has 0 aliphatic carbocycles. The van der Waals surface area contributed by atoms with Crippen LogP contribution in [0, 0.1) is 5.82 Å². The Morgan fingerprint density at radius 1 is 1.37 bits per heavy atom. The van der Waals surface area contributed by atoms with Crippen molar-refractivity contribution in [3.63, 3.8) is 0 Å². The van der Waals surface area contributed by atoms with E-state index in [2.05, 4.69) is 0 Å². The van der Waals surface area contributed by atoms with Crippen LogP contribution in [-0.2, 0) is 0 Å². The zero-order valence-electron chi connectivity index (χ0n) is 11.7. The first-order valence-electron chi connectivity index (χ1n) is 6.30. The molecular weight excluding hydrogens is 245 g/mol.